The highest BCUT2D eigenvalue weighted by molar-refractivity contribution is 7.09. The minimum atomic E-state index is -0.474. The third kappa shape index (κ3) is 7.18. The topological polar surface area (TPSA) is 61.4 Å². The fourth-order valence-electron chi connectivity index (χ4n) is 1.89. The molecule has 0 saturated heterocycles. The van der Waals surface area contributed by atoms with Gasteiger partial charge in [0.05, 0.1) is 6.10 Å². The fraction of sp³-hybridized carbons (Fsp3) is 0.643. The zero-order valence-electron chi connectivity index (χ0n) is 11.8. The second kappa shape index (κ2) is 8.17. The van der Waals surface area contributed by atoms with Crippen LogP contribution in [0.3, 0.4) is 0 Å². The Morgan fingerprint density at radius 3 is 2.74 bits per heavy atom. The molecule has 2 amide bonds. The molecule has 1 aromatic rings. The lowest BCUT2D eigenvalue weighted by Gasteiger charge is -2.17. The molecule has 1 rings (SSSR count). The largest absolute Gasteiger partial charge is 0.391 e. The quantitative estimate of drug-likeness (QED) is 0.720. The van der Waals surface area contributed by atoms with E-state index in [0.29, 0.717) is 18.9 Å². The third-order valence-electron chi connectivity index (χ3n) is 2.71. The minimum absolute atomic E-state index is 0.0842. The Morgan fingerprint density at radius 2 is 2.16 bits per heavy atom. The predicted octanol–water partition coefficient (Wildman–Crippen LogP) is 2.39. The van der Waals surface area contributed by atoms with Gasteiger partial charge in [0.1, 0.15) is 0 Å². The van der Waals surface area contributed by atoms with Crippen molar-refractivity contribution in [3.63, 3.8) is 0 Å². The molecule has 0 fully saturated rings. The van der Waals surface area contributed by atoms with E-state index in [2.05, 4.69) is 16.7 Å². The number of hydrogen-bond acceptors (Lipinski definition) is 3. The molecule has 5 heteroatoms. The van der Waals surface area contributed by atoms with Crippen molar-refractivity contribution in [1.29, 1.82) is 0 Å². The molecule has 108 valence electrons. The number of carbonyl (C=O) groups excluding carboxylic acids is 1. The standard InChI is InChI=1S/C14H24N2O2S/c1-10(2)7-12(17)9-15-14(18)16-11(3)8-13-5-4-6-19-13/h4-6,10-12,17H,7-9H2,1-3H3,(H2,15,16,18). The highest BCUT2D eigenvalue weighted by atomic mass is 32.1. The van der Waals surface area contributed by atoms with Crippen LogP contribution in [-0.4, -0.2) is 29.8 Å². The normalized spacial score (nSPS) is 14.2. The summed E-state index contributed by atoms with van der Waals surface area (Å²) in [5.41, 5.74) is 0. The number of aliphatic hydroxyl groups is 1. The van der Waals surface area contributed by atoms with Gasteiger partial charge in [-0.1, -0.05) is 19.9 Å². The van der Waals surface area contributed by atoms with Crippen LogP contribution in [0.2, 0.25) is 0 Å². The van der Waals surface area contributed by atoms with E-state index >= 15 is 0 Å². The molecular weight excluding hydrogens is 260 g/mol. The lowest BCUT2D eigenvalue weighted by molar-refractivity contribution is 0.146. The van der Waals surface area contributed by atoms with Gasteiger partial charge in [-0.15, -0.1) is 11.3 Å². The maximum absolute atomic E-state index is 11.6. The molecule has 1 heterocycles. The van der Waals surface area contributed by atoms with Crippen molar-refractivity contribution in [3.8, 4) is 0 Å². The molecule has 2 unspecified atom stereocenters. The van der Waals surface area contributed by atoms with Crippen LogP contribution in [0.5, 0.6) is 0 Å². The average molecular weight is 284 g/mol. The van der Waals surface area contributed by atoms with E-state index in [-0.39, 0.29) is 12.1 Å². The van der Waals surface area contributed by atoms with Gasteiger partial charge in [0.15, 0.2) is 0 Å². The van der Waals surface area contributed by atoms with E-state index in [1.807, 2.05) is 32.2 Å². The molecular formula is C14H24N2O2S. The summed E-state index contributed by atoms with van der Waals surface area (Å²) >= 11 is 1.69. The molecule has 4 nitrogen and oxygen atoms in total. The number of amides is 2. The zero-order chi connectivity index (χ0) is 14.3. The molecule has 1 aromatic heterocycles. The van der Waals surface area contributed by atoms with E-state index in [1.54, 1.807) is 11.3 Å². The number of aliphatic hydroxyl groups excluding tert-OH is 1. The molecule has 0 saturated carbocycles. The monoisotopic (exact) mass is 284 g/mol. The van der Waals surface area contributed by atoms with Crippen LogP contribution >= 0.6 is 11.3 Å². The summed E-state index contributed by atoms with van der Waals surface area (Å²) < 4.78 is 0. The fourth-order valence-corrected chi connectivity index (χ4v) is 2.73. The highest BCUT2D eigenvalue weighted by Gasteiger charge is 2.11. The van der Waals surface area contributed by atoms with E-state index in [1.165, 1.54) is 4.88 Å². The Labute approximate surface area is 119 Å². The van der Waals surface area contributed by atoms with Gasteiger partial charge < -0.3 is 15.7 Å². The summed E-state index contributed by atoms with van der Waals surface area (Å²) in [6.07, 6.45) is 1.06. The van der Waals surface area contributed by atoms with Crippen molar-refractivity contribution >= 4 is 17.4 Å². The molecule has 0 bridgehead atoms. The van der Waals surface area contributed by atoms with Gasteiger partial charge >= 0.3 is 6.03 Å². The second-order valence-corrected chi connectivity index (χ2v) is 6.35. The van der Waals surface area contributed by atoms with Crippen LogP contribution in [-0.2, 0) is 6.42 Å². The summed E-state index contributed by atoms with van der Waals surface area (Å²) in [5.74, 6) is 0.428. The summed E-state index contributed by atoms with van der Waals surface area (Å²) in [7, 11) is 0. The van der Waals surface area contributed by atoms with Crippen LogP contribution in [0.15, 0.2) is 17.5 Å². The van der Waals surface area contributed by atoms with E-state index in [4.69, 9.17) is 0 Å². The third-order valence-corrected chi connectivity index (χ3v) is 3.61. The number of nitrogens with one attached hydrogen (secondary N) is 2. The zero-order valence-corrected chi connectivity index (χ0v) is 12.7. The number of thiophene rings is 1. The van der Waals surface area contributed by atoms with Crippen LogP contribution in [0.4, 0.5) is 4.79 Å². The number of rotatable bonds is 7. The highest BCUT2D eigenvalue weighted by Crippen LogP contribution is 2.10. The van der Waals surface area contributed by atoms with E-state index in [9.17, 15) is 9.90 Å². The van der Waals surface area contributed by atoms with Crippen molar-refractivity contribution < 1.29 is 9.90 Å². The molecule has 2 atom stereocenters. The maximum Gasteiger partial charge on any atom is 0.315 e. The first-order chi connectivity index (χ1) is 8.97. The summed E-state index contributed by atoms with van der Waals surface area (Å²) in [4.78, 5) is 12.9. The minimum Gasteiger partial charge on any atom is -0.391 e. The maximum atomic E-state index is 11.6. The Kier molecular flexibility index (Phi) is 6.87. The van der Waals surface area contributed by atoms with Gasteiger partial charge in [0, 0.05) is 23.9 Å². The summed E-state index contributed by atoms with van der Waals surface area (Å²) in [6, 6.07) is 3.94. The lowest BCUT2D eigenvalue weighted by atomic mass is 10.1. The van der Waals surface area contributed by atoms with Crippen molar-refractivity contribution in [2.45, 2.75) is 45.8 Å². The SMILES string of the molecule is CC(C)CC(O)CNC(=O)NC(C)Cc1cccs1. The molecule has 0 aliphatic heterocycles. The van der Waals surface area contributed by atoms with Crippen molar-refractivity contribution in [2.75, 3.05) is 6.54 Å². The van der Waals surface area contributed by atoms with E-state index in [0.717, 1.165) is 6.42 Å². The van der Waals surface area contributed by atoms with E-state index < -0.39 is 6.10 Å². The van der Waals surface area contributed by atoms with Crippen molar-refractivity contribution in [2.24, 2.45) is 5.92 Å². The lowest BCUT2D eigenvalue weighted by Crippen LogP contribution is -2.44. The Bertz CT molecular complexity index is 366. The average Bonchev–Trinajstić information content (AvgIpc) is 2.78. The first-order valence-electron chi connectivity index (χ1n) is 6.72. The predicted molar refractivity (Wildman–Crippen MR) is 79.5 cm³/mol. The molecule has 0 aliphatic carbocycles. The van der Waals surface area contributed by atoms with Crippen LogP contribution in [0.1, 0.15) is 32.1 Å². The molecule has 0 radical (unpaired) electrons. The first kappa shape index (κ1) is 16.0. The summed E-state index contributed by atoms with van der Waals surface area (Å²) in [5, 5.41) is 17.3. The Balaban J connectivity index is 2.19. The smallest absolute Gasteiger partial charge is 0.315 e. The first-order valence-corrected chi connectivity index (χ1v) is 7.60. The van der Waals surface area contributed by atoms with Crippen LogP contribution in [0.25, 0.3) is 0 Å². The van der Waals surface area contributed by atoms with Crippen LogP contribution in [0, 0.1) is 5.92 Å². The van der Waals surface area contributed by atoms with Gasteiger partial charge in [-0.25, -0.2) is 4.79 Å². The molecule has 0 aliphatic rings. The molecule has 19 heavy (non-hydrogen) atoms. The summed E-state index contributed by atoms with van der Waals surface area (Å²) in [6.45, 7) is 6.37. The van der Waals surface area contributed by atoms with Gasteiger partial charge in [0.2, 0.25) is 0 Å². The Hall–Kier alpha value is -1.07. The number of carbonyl (C=O) groups is 1. The van der Waals surface area contributed by atoms with Gasteiger partial charge in [0.25, 0.3) is 0 Å². The van der Waals surface area contributed by atoms with Gasteiger partial charge in [-0.3, -0.25) is 0 Å². The molecule has 0 aromatic carbocycles. The van der Waals surface area contributed by atoms with Crippen LogP contribution < -0.4 is 10.6 Å². The van der Waals surface area contributed by atoms with Gasteiger partial charge in [-0.2, -0.15) is 0 Å². The molecule has 0 spiro atoms. The Morgan fingerprint density at radius 1 is 1.42 bits per heavy atom. The molecule has 3 N–H and O–H groups in total. The van der Waals surface area contributed by atoms with Crippen molar-refractivity contribution in [1.82, 2.24) is 10.6 Å². The second-order valence-electron chi connectivity index (χ2n) is 5.32. The van der Waals surface area contributed by atoms with Crippen molar-refractivity contribution in [3.05, 3.63) is 22.4 Å². The number of urea groups is 1. The number of hydrogen-bond donors (Lipinski definition) is 3. The van der Waals surface area contributed by atoms with Gasteiger partial charge in [-0.05, 0) is 30.7 Å².